The lowest BCUT2D eigenvalue weighted by Crippen LogP contribution is -2.44. The van der Waals surface area contributed by atoms with Gasteiger partial charge in [0.2, 0.25) is 5.91 Å². The molecule has 1 aliphatic heterocycles. The molecule has 2 amide bonds. The van der Waals surface area contributed by atoms with Crippen molar-refractivity contribution in [2.45, 2.75) is 19.5 Å². The first-order valence-corrected chi connectivity index (χ1v) is 6.52. The number of fused-ring (bicyclic) bond motifs is 1. The van der Waals surface area contributed by atoms with E-state index in [4.69, 9.17) is 0 Å². The van der Waals surface area contributed by atoms with E-state index in [0.29, 0.717) is 17.0 Å². The highest BCUT2D eigenvalue weighted by molar-refractivity contribution is 6.06. The number of hydrogen-bond acceptors (Lipinski definition) is 2. The van der Waals surface area contributed by atoms with Gasteiger partial charge in [0.15, 0.2) is 0 Å². The van der Waals surface area contributed by atoms with Crippen molar-refractivity contribution >= 4 is 23.2 Å². The molecular weight excluding hydrogens is 285 g/mol. The minimum atomic E-state index is -4.97. The summed E-state index contributed by atoms with van der Waals surface area (Å²) in [6.45, 7) is 1.44. The molecule has 0 N–H and O–H groups in total. The van der Waals surface area contributed by atoms with Gasteiger partial charge in [0, 0.05) is 13.6 Å². The summed E-state index contributed by atoms with van der Waals surface area (Å²) in [7, 11) is 1.51. The summed E-state index contributed by atoms with van der Waals surface area (Å²) < 4.78 is 38.4. The molecule has 1 aromatic carbocycles. The maximum absolute atomic E-state index is 12.8. The maximum Gasteiger partial charge on any atom is 0.471 e. The Hall–Kier alpha value is -2.05. The lowest BCUT2D eigenvalue weighted by molar-refractivity contribution is -0.170. The monoisotopic (exact) mass is 300 g/mol. The molecule has 21 heavy (non-hydrogen) atoms. The lowest BCUT2D eigenvalue weighted by Gasteiger charge is -2.25. The van der Waals surface area contributed by atoms with Crippen LogP contribution in [0.4, 0.5) is 24.5 Å². The van der Waals surface area contributed by atoms with E-state index in [1.165, 1.54) is 24.1 Å². The molecule has 1 heterocycles. The largest absolute Gasteiger partial charge is 0.471 e. The first-order chi connectivity index (χ1) is 9.77. The fourth-order valence-corrected chi connectivity index (χ4v) is 2.41. The third-order valence-corrected chi connectivity index (χ3v) is 3.60. The average Bonchev–Trinajstić information content (AvgIpc) is 2.55. The Morgan fingerprint density at radius 3 is 2.38 bits per heavy atom. The van der Waals surface area contributed by atoms with Gasteiger partial charge in [0.05, 0.1) is 17.3 Å². The van der Waals surface area contributed by atoms with Crippen molar-refractivity contribution in [3.05, 3.63) is 24.3 Å². The number of carbonyl (C=O) groups is 2. The summed E-state index contributed by atoms with van der Waals surface area (Å²) in [6, 6.07) is 6.11. The molecule has 0 spiro atoms. The van der Waals surface area contributed by atoms with Gasteiger partial charge in [-0.15, -0.1) is 0 Å². The molecule has 1 atom stereocenters. The van der Waals surface area contributed by atoms with Crippen LogP contribution >= 0.6 is 0 Å². The van der Waals surface area contributed by atoms with Crippen LogP contribution in [0.25, 0.3) is 0 Å². The highest BCUT2D eigenvalue weighted by Crippen LogP contribution is 2.36. The van der Waals surface area contributed by atoms with Gasteiger partial charge in [-0.1, -0.05) is 19.1 Å². The summed E-state index contributed by atoms with van der Waals surface area (Å²) in [5, 5.41) is 0. The standard InChI is InChI=1S/C14H15F3N2O2/c1-3-9-8-19(13(21)14(15,16)17)11-7-5-4-6-10(11)18(2)12(9)20/h4-7,9H,3,8H2,1-2H3/t9-/m0/s1. The molecule has 7 heteroatoms. The SMILES string of the molecule is CC[C@H]1CN(C(=O)C(F)(F)F)c2ccccc2N(C)C1=O. The van der Waals surface area contributed by atoms with E-state index < -0.39 is 18.0 Å². The van der Waals surface area contributed by atoms with Crippen LogP contribution in [-0.4, -0.2) is 31.6 Å². The number of amides is 2. The van der Waals surface area contributed by atoms with Crippen LogP contribution in [0.2, 0.25) is 0 Å². The Bertz CT molecular complexity index is 572. The third-order valence-electron chi connectivity index (χ3n) is 3.60. The van der Waals surface area contributed by atoms with Crippen LogP contribution in [0.5, 0.6) is 0 Å². The van der Waals surface area contributed by atoms with E-state index in [9.17, 15) is 22.8 Å². The van der Waals surface area contributed by atoms with Crippen molar-refractivity contribution in [3.63, 3.8) is 0 Å². The van der Waals surface area contributed by atoms with E-state index in [1.54, 1.807) is 19.1 Å². The molecule has 0 saturated carbocycles. The third kappa shape index (κ3) is 2.72. The Kier molecular flexibility index (Phi) is 3.93. The lowest BCUT2D eigenvalue weighted by atomic mass is 10.1. The Morgan fingerprint density at radius 2 is 1.86 bits per heavy atom. The number of para-hydroxylation sites is 2. The molecule has 2 rings (SSSR count). The Labute approximate surface area is 120 Å². The van der Waals surface area contributed by atoms with Crippen molar-refractivity contribution in [2.75, 3.05) is 23.4 Å². The number of anilines is 2. The van der Waals surface area contributed by atoms with Gasteiger partial charge in [0.25, 0.3) is 0 Å². The quantitative estimate of drug-likeness (QED) is 0.800. The summed E-state index contributed by atoms with van der Waals surface area (Å²) >= 11 is 0. The number of halogens is 3. The molecular formula is C14H15F3N2O2. The second-order valence-electron chi connectivity index (χ2n) is 4.90. The summed E-state index contributed by atoms with van der Waals surface area (Å²) in [5.41, 5.74) is 0.405. The molecule has 0 radical (unpaired) electrons. The van der Waals surface area contributed by atoms with Gasteiger partial charge in [0.1, 0.15) is 0 Å². The molecule has 0 bridgehead atoms. The Balaban J connectivity index is 2.56. The fourth-order valence-electron chi connectivity index (χ4n) is 2.41. The summed E-state index contributed by atoms with van der Waals surface area (Å²) in [5.74, 6) is -2.90. The molecule has 1 aromatic rings. The number of alkyl halides is 3. The van der Waals surface area contributed by atoms with Crippen LogP contribution in [0, 0.1) is 5.92 Å². The number of benzene rings is 1. The molecule has 0 aromatic heterocycles. The maximum atomic E-state index is 12.8. The van der Waals surface area contributed by atoms with Crippen molar-refractivity contribution < 1.29 is 22.8 Å². The van der Waals surface area contributed by atoms with E-state index in [1.807, 2.05) is 0 Å². The van der Waals surface area contributed by atoms with Gasteiger partial charge in [-0.2, -0.15) is 13.2 Å². The van der Waals surface area contributed by atoms with Gasteiger partial charge in [-0.25, -0.2) is 0 Å². The predicted molar refractivity (Wildman–Crippen MR) is 72.0 cm³/mol. The number of rotatable bonds is 1. The zero-order chi connectivity index (χ0) is 15.8. The average molecular weight is 300 g/mol. The normalized spacial score (nSPS) is 19.3. The van der Waals surface area contributed by atoms with Crippen LogP contribution in [0.3, 0.4) is 0 Å². The van der Waals surface area contributed by atoms with Crippen molar-refractivity contribution in [2.24, 2.45) is 5.92 Å². The smallest absolute Gasteiger partial charge is 0.313 e. The second-order valence-corrected chi connectivity index (χ2v) is 4.90. The van der Waals surface area contributed by atoms with Gasteiger partial charge < -0.3 is 9.80 Å². The zero-order valence-electron chi connectivity index (χ0n) is 11.6. The number of carbonyl (C=O) groups excluding carboxylic acids is 2. The summed E-state index contributed by atoms with van der Waals surface area (Å²) in [4.78, 5) is 25.9. The fraction of sp³-hybridized carbons (Fsp3) is 0.429. The van der Waals surface area contributed by atoms with E-state index >= 15 is 0 Å². The molecule has 114 valence electrons. The van der Waals surface area contributed by atoms with Crippen LogP contribution in [-0.2, 0) is 9.59 Å². The van der Waals surface area contributed by atoms with E-state index in [0.717, 1.165) is 0 Å². The summed E-state index contributed by atoms with van der Waals surface area (Å²) in [6.07, 6.45) is -4.61. The zero-order valence-corrected chi connectivity index (χ0v) is 11.6. The van der Waals surface area contributed by atoms with Gasteiger partial charge in [-0.3, -0.25) is 9.59 Å². The number of nitrogens with zero attached hydrogens (tertiary/aromatic N) is 2. The molecule has 0 aliphatic carbocycles. The van der Waals surface area contributed by atoms with Crippen molar-refractivity contribution in [1.82, 2.24) is 0 Å². The van der Waals surface area contributed by atoms with E-state index in [2.05, 4.69) is 0 Å². The van der Waals surface area contributed by atoms with Gasteiger partial charge in [-0.05, 0) is 18.6 Å². The van der Waals surface area contributed by atoms with Crippen LogP contribution in [0.15, 0.2) is 24.3 Å². The molecule has 1 aliphatic rings. The van der Waals surface area contributed by atoms with Crippen molar-refractivity contribution in [3.8, 4) is 0 Å². The molecule has 0 fully saturated rings. The van der Waals surface area contributed by atoms with Crippen LogP contribution < -0.4 is 9.80 Å². The number of hydrogen-bond donors (Lipinski definition) is 0. The van der Waals surface area contributed by atoms with Gasteiger partial charge >= 0.3 is 12.1 Å². The topological polar surface area (TPSA) is 40.6 Å². The molecule has 0 unspecified atom stereocenters. The van der Waals surface area contributed by atoms with E-state index in [-0.39, 0.29) is 18.1 Å². The minimum Gasteiger partial charge on any atom is -0.313 e. The Morgan fingerprint density at radius 1 is 1.29 bits per heavy atom. The van der Waals surface area contributed by atoms with Crippen LogP contribution in [0.1, 0.15) is 13.3 Å². The van der Waals surface area contributed by atoms with Crippen molar-refractivity contribution in [1.29, 1.82) is 0 Å². The molecule has 0 saturated heterocycles. The first-order valence-electron chi connectivity index (χ1n) is 6.52. The first kappa shape index (κ1) is 15.3. The second kappa shape index (κ2) is 5.38. The molecule has 4 nitrogen and oxygen atoms in total. The highest BCUT2D eigenvalue weighted by Gasteiger charge is 2.46. The predicted octanol–water partition coefficient (Wildman–Crippen LogP) is 2.58. The highest BCUT2D eigenvalue weighted by atomic mass is 19.4. The minimum absolute atomic E-state index is 0.103.